The summed E-state index contributed by atoms with van der Waals surface area (Å²) in [7, 11) is 0. The molecule has 0 fully saturated rings. The lowest BCUT2D eigenvalue weighted by molar-refractivity contribution is 0.0403. The summed E-state index contributed by atoms with van der Waals surface area (Å²) in [6.07, 6.45) is 1.14. The third kappa shape index (κ3) is 7.48. The molecule has 0 aliphatic carbocycles. The predicted molar refractivity (Wildman–Crippen MR) is 81.2 cm³/mol. The molecular formula is C16H27NO3. The molecule has 1 aromatic carbocycles. The summed E-state index contributed by atoms with van der Waals surface area (Å²) in [6, 6.07) is 8.13. The van der Waals surface area contributed by atoms with Gasteiger partial charge in [-0.2, -0.15) is 0 Å². The van der Waals surface area contributed by atoms with Gasteiger partial charge in [0, 0.05) is 18.7 Å². The minimum atomic E-state index is 0.566. The van der Waals surface area contributed by atoms with Gasteiger partial charge in [-0.05, 0) is 26.0 Å². The van der Waals surface area contributed by atoms with Gasteiger partial charge in [-0.15, -0.1) is 0 Å². The van der Waals surface area contributed by atoms with Gasteiger partial charge in [-0.25, -0.2) is 0 Å². The maximum Gasteiger partial charge on any atom is 0.123 e. The maximum absolute atomic E-state index is 5.77. The molecule has 0 bridgehead atoms. The van der Waals surface area contributed by atoms with Crippen molar-refractivity contribution < 1.29 is 14.2 Å². The predicted octanol–water partition coefficient (Wildman–Crippen LogP) is 2.62. The van der Waals surface area contributed by atoms with E-state index in [0.29, 0.717) is 26.4 Å². The molecule has 1 N–H and O–H groups in total. The Kier molecular flexibility index (Phi) is 9.92. The van der Waals surface area contributed by atoms with E-state index in [0.717, 1.165) is 31.9 Å². The van der Waals surface area contributed by atoms with Crippen molar-refractivity contribution in [2.45, 2.75) is 26.8 Å². The molecule has 0 aliphatic rings. The molecule has 4 heteroatoms. The molecule has 0 atom stereocenters. The van der Waals surface area contributed by atoms with Crippen molar-refractivity contribution in [2.75, 3.05) is 39.6 Å². The summed E-state index contributed by atoms with van der Waals surface area (Å²) in [5.74, 6) is 0.935. The van der Waals surface area contributed by atoms with E-state index in [2.05, 4.69) is 18.3 Å². The second kappa shape index (κ2) is 11.7. The van der Waals surface area contributed by atoms with Crippen molar-refractivity contribution in [3.63, 3.8) is 0 Å². The lowest BCUT2D eigenvalue weighted by Gasteiger charge is -2.12. The van der Waals surface area contributed by atoms with Gasteiger partial charge in [0.25, 0.3) is 0 Å². The van der Waals surface area contributed by atoms with Crippen LogP contribution in [0.25, 0.3) is 0 Å². The van der Waals surface area contributed by atoms with Crippen LogP contribution in [0, 0.1) is 0 Å². The quantitative estimate of drug-likeness (QED) is 0.598. The summed E-state index contributed by atoms with van der Waals surface area (Å²) in [5.41, 5.74) is 1.19. The lowest BCUT2D eigenvalue weighted by Crippen LogP contribution is -2.15. The standard InChI is InChI=1S/C16H27NO3/c1-3-9-17-14-15-7-5-6-8-16(15)20-13-12-19-11-10-18-4-2/h5-8,17H,3-4,9-14H2,1-2H3. The van der Waals surface area contributed by atoms with Crippen LogP contribution in [0.3, 0.4) is 0 Å². The van der Waals surface area contributed by atoms with Crippen molar-refractivity contribution in [2.24, 2.45) is 0 Å². The summed E-state index contributed by atoms with van der Waals surface area (Å²) in [6.45, 7) is 9.16. The zero-order valence-electron chi connectivity index (χ0n) is 12.7. The molecule has 0 saturated heterocycles. The van der Waals surface area contributed by atoms with Gasteiger partial charge >= 0.3 is 0 Å². The minimum absolute atomic E-state index is 0.566. The Bertz CT molecular complexity index is 344. The average Bonchev–Trinajstić information content (AvgIpc) is 2.48. The topological polar surface area (TPSA) is 39.7 Å². The van der Waals surface area contributed by atoms with Gasteiger partial charge < -0.3 is 19.5 Å². The second-order valence-corrected chi connectivity index (χ2v) is 4.44. The molecule has 0 spiro atoms. The zero-order valence-corrected chi connectivity index (χ0v) is 12.7. The van der Waals surface area contributed by atoms with E-state index in [9.17, 15) is 0 Å². The first-order valence-electron chi connectivity index (χ1n) is 7.45. The van der Waals surface area contributed by atoms with Gasteiger partial charge in [0.1, 0.15) is 12.4 Å². The van der Waals surface area contributed by atoms with Crippen LogP contribution in [0.5, 0.6) is 5.75 Å². The Morgan fingerprint density at radius 2 is 1.70 bits per heavy atom. The zero-order chi connectivity index (χ0) is 14.5. The van der Waals surface area contributed by atoms with E-state index in [1.165, 1.54) is 5.56 Å². The molecule has 20 heavy (non-hydrogen) atoms. The van der Waals surface area contributed by atoms with Crippen molar-refractivity contribution in [1.29, 1.82) is 0 Å². The molecule has 0 saturated carbocycles. The summed E-state index contributed by atoms with van der Waals surface area (Å²) in [5, 5.41) is 3.39. The van der Waals surface area contributed by atoms with E-state index in [4.69, 9.17) is 14.2 Å². The fraction of sp³-hybridized carbons (Fsp3) is 0.625. The number of para-hydroxylation sites is 1. The molecule has 4 nitrogen and oxygen atoms in total. The van der Waals surface area contributed by atoms with Crippen LogP contribution in [0.2, 0.25) is 0 Å². The minimum Gasteiger partial charge on any atom is -0.491 e. The molecule has 0 heterocycles. The van der Waals surface area contributed by atoms with Gasteiger partial charge in [0.05, 0.1) is 19.8 Å². The molecule has 0 amide bonds. The van der Waals surface area contributed by atoms with Crippen molar-refractivity contribution >= 4 is 0 Å². The number of hydrogen-bond donors (Lipinski definition) is 1. The Morgan fingerprint density at radius 3 is 2.50 bits per heavy atom. The van der Waals surface area contributed by atoms with Crippen molar-refractivity contribution in [3.8, 4) is 5.75 Å². The number of nitrogens with one attached hydrogen (secondary N) is 1. The molecule has 0 unspecified atom stereocenters. The van der Waals surface area contributed by atoms with Gasteiger partial charge in [-0.3, -0.25) is 0 Å². The first-order chi connectivity index (χ1) is 9.88. The van der Waals surface area contributed by atoms with Crippen LogP contribution >= 0.6 is 0 Å². The molecule has 0 aliphatic heterocycles. The van der Waals surface area contributed by atoms with Gasteiger partial charge in [0.2, 0.25) is 0 Å². The highest BCUT2D eigenvalue weighted by Gasteiger charge is 2.02. The average molecular weight is 281 g/mol. The van der Waals surface area contributed by atoms with Crippen LogP contribution in [0.15, 0.2) is 24.3 Å². The number of hydrogen-bond acceptors (Lipinski definition) is 4. The van der Waals surface area contributed by atoms with Crippen LogP contribution in [0.4, 0.5) is 0 Å². The second-order valence-electron chi connectivity index (χ2n) is 4.44. The van der Waals surface area contributed by atoms with Crippen LogP contribution < -0.4 is 10.1 Å². The normalized spacial score (nSPS) is 10.7. The number of benzene rings is 1. The largest absolute Gasteiger partial charge is 0.491 e. The fourth-order valence-electron chi connectivity index (χ4n) is 1.77. The summed E-state index contributed by atoms with van der Waals surface area (Å²) in [4.78, 5) is 0. The molecule has 1 aromatic rings. The Morgan fingerprint density at radius 1 is 0.950 bits per heavy atom. The summed E-state index contributed by atoms with van der Waals surface area (Å²) >= 11 is 0. The first kappa shape index (κ1) is 17.0. The van der Waals surface area contributed by atoms with Crippen LogP contribution in [-0.4, -0.2) is 39.6 Å². The third-order valence-electron chi connectivity index (χ3n) is 2.78. The lowest BCUT2D eigenvalue weighted by atomic mass is 10.2. The highest BCUT2D eigenvalue weighted by molar-refractivity contribution is 5.33. The van der Waals surface area contributed by atoms with E-state index >= 15 is 0 Å². The van der Waals surface area contributed by atoms with Gasteiger partial charge in [0.15, 0.2) is 0 Å². The highest BCUT2D eigenvalue weighted by Crippen LogP contribution is 2.17. The van der Waals surface area contributed by atoms with E-state index in [1.54, 1.807) is 0 Å². The van der Waals surface area contributed by atoms with E-state index in [-0.39, 0.29) is 0 Å². The number of ether oxygens (including phenoxy) is 3. The maximum atomic E-state index is 5.77. The fourth-order valence-corrected chi connectivity index (χ4v) is 1.77. The van der Waals surface area contributed by atoms with E-state index in [1.807, 2.05) is 25.1 Å². The van der Waals surface area contributed by atoms with Crippen LogP contribution in [-0.2, 0) is 16.0 Å². The molecule has 0 radical (unpaired) electrons. The third-order valence-corrected chi connectivity index (χ3v) is 2.78. The van der Waals surface area contributed by atoms with Crippen molar-refractivity contribution in [1.82, 2.24) is 5.32 Å². The van der Waals surface area contributed by atoms with Crippen LogP contribution in [0.1, 0.15) is 25.8 Å². The Labute approximate surface area is 122 Å². The van der Waals surface area contributed by atoms with Gasteiger partial charge in [-0.1, -0.05) is 25.1 Å². The molecule has 1 rings (SSSR count). The summed E-state index contributed by atoms with van der Waals surface area (Å²) < 4.78 is 16.4. The highest BCUT2D eigenvalue weighted by atomic mass is 16.5. The Hall–Kier alpha value is -1.10. The SMILES string of the molecule is CCCNCc1ccccc1OCCOCCOCC. The number of rotatable bonds is 12. The molecule has 114 valence electrons. The van der Waals surface area contributed by atoms with Crippen molar-refractivity contribution in [3.05, 3.63) is 29.8 Å². The molecular weight excluding hydrogens is 254 g/mol. The monoisotopic (exact) mass is 281 g/mol. The smallest absolute Gasteiger partial charge is 0.123 e. The van der Waals surface area contributed by atoms with E-state index < -0.39 is 0 Å². The first-order valence-corrected chi connectivity index (χ1v) is 7.45. The Balaban J connectivity index is 2.21. The molecule has 0 aromatic heterocycles.